The lowest BCUT2D eigenvalue weighted by Crippen LogP contribution is -2.56. The van der Waals surface area contributed by atoms with E-state index in [1.54, 1.807) is 18.2 Å². The SMILES string of the molecule is O=C1NC(=S)N=C2NC3=C(C(=O)C12)C(c1ccc2c(c1)OCO2)c1c([nH]c(=O)[nH]c1=O)N3. The molecule has 4 aliphatic rings. The van der Waals surface area contributed by atoms with Gasteiger partial charge >= 0.3 is 5.69 Å². The Balaban J connectivity index is 1.60. The van der Waals surface area contributed by atoms with E-state index in [0.29, 0.717) is 17.1 Å². The summed E-state index contributed by atoms with van der Waals surface area (Å²) in [6.45, 7) is 0.0475. The molecule has 1 amide bonds. The second kappa shape index (κ2) is 6.37. The van der Waals surface area contributed by atoms with Crippen LogP contribution in [0.5, 0.6) is 11.5 Å². The molecule has 0 aliphatic carbocycles. The van der Waals surface area contributed by atoms with Crippen molar-refractivity contribution in [3.63, 3.8) is 0 Å². The third-order valence-corrected chi connectivity index (χ3v) is 5.77. The number of H-pyrrole nitrogens is 2. The highest BCUT2D eigenvalue weighted by atomic mass is 32.1. The quantitative estimate of drug-likeness (QED) is 0.274. The average Bonchev–Trinajstić information content (AvgIpc) is 3.19. The van der Waals surface area contributed by atoms with Gasteiger partial charge in [0.05, 0.1) is 11.5 Å². The Bertz CT molecular complexity index is 1450. The fourth-order valence-electron chi connectivity index (χ4n) is 4.27. The lowest BCUT2D eigenvalue weighted by Gasteiger charge is -2.37. The molecule has 0 radical (unpaired) electrons. The average molecular weight is 452 g/mol. The molecule has 6 rings (SSSR count). The highest BCUT2D eigenvalue weighted by Gasteiger charge is 2.48. The van der Waals surface area contributed by atoms with E-state index in [-0.39, 0.29) is 40.5 Å². The molecule has 0 saturated carbocycles. The number of thiocarbonyl (C=S) groups is 1. The van der Waals surface area contributed by atoms with E-state index < -0.39 is 34.8 Å². The van der Waals surface area contributed by atoms with Crippen LogP contribution >= 0.6 is 12.2 Å². The van der Waals surface area contributed by atoms with Crippen molar-refractivity contribution in [1.29, 1.82) is 0 Å². The van der Waals surface area contributed by atoms with Crippen LogP contribution in [0.1, 0.15) is 17.0 Å². The smallest absolute Gasteiger partial charge is 0.327 e. The van der Waals surface area contributed by atoms with Crippen LogP contribution in [-0.2, 0) is 9.59 Å². The van der Waals surface area contributed by atoms with Crippen LogP contribution in [0.2, 0.25) is 0 Å². The first-order valence-corrected chi connectivity index (χ1v) is 9.83. The van der Waals surface area contributed by atoms with Crippen molar-refractivity contribution in [2.24, 2.45) is 10.9 Å². The zero-order valence-corrected chi connectivity index (χ0v) is 16.7. The molecule has 13 heteroatoms. The summed E-state index contributed by atoms with van der Waals surface area (Å²) in [7, 11) is 0. The number of nitrogens with zero attached hydrogens (tertiary/aromatic N) is 1. The molecule has 5 N–H and O–H groups in total. The maximum Gasteiger partial charge on any atom is 0.327 e. The van der Waals surface area contributed by atoms with Crippen molar-refractivity contribution in [2.75, 3.05) is 12.1 Å². The van der Waals surface area contributed by atoms with Gasteiger partial charge in [-0.3, -0.25) is 24.4 Å². The largest absolute Gasteiger partial charge is 0.454 e. The number of ketones is 1. The molecule has 2 unspecified atom stereocenters. The number of amides is 1. The molecule has 160 valence electrons. The minimum Gasteiger partial charge on any atom is -0.454 e. The first kappa shape index (κ1) is 18.5. The topological polar surface area (TPSA) is 167 Å². The maximum atomic E-state index is 13.6. The fourth-order valence-corrected chi connectivity index (χ4v) is 4.47. The maximum absolute atomic E-state index is 13.6. The standard InChI is InChI=1S/C19H12N6O6S/c26-12-9-8(5-1-2-6-7(3-5)31-4-30-6)10-14(22-18(29)24-16(10)27)20-13(9)21-15-11(12)17(28)25-19(32)23-15/h1-3,8,11H,4H2,(H3,20,22,24,27,29)(H2,21,23,25,28,32). The molecule has 1 aromatic heterocycles. The Kier molecular flexibility index (Phi) is 3.68. The van der Waals surface area contributed by atoms with Crippen molar-refractivity contribution in [3.05, 3.63) is 61.6 Å². The van der Waals surface area contributed by atoms with Crippen molar-refractivity contribution in [2.45, 2.75) is 5.92 Å². The molecule has 0 spiro atoms. The van der Waals surface area contributed by atoms with Crippen molar-refractivity contribution < 1.29 is 19.1 Å². The second-order valence-electron chi connectivity index (χ2n) is 7.37. The highest BCUT2D eigenvalue weighted by molar-refractivity contribution is 7.80. The molecule has 12 nitrogen and oxygen atoms in total. The predicted molar refractivity (Wildman–Crippen MR) is 113 cm³/mol. The van der Waals surface area contributed by atoms with Gasteiger partial charge in [0.2, 0.25) is 17.8 Å². The van der Waals surface area contributed by atoms with Gasteiger partial charge in [-0.1, -0.05) is 6.07 Å². The summed E-state index contributed by atoms with van der Waals surface area (Å²) in [5.41, 5.74) is -0.605. The normalized spacial score (nSPS) is 22.8. The van der Waals surface area contributed by atoms with Gasteiger partial charge in [-0.05, 0) is 29.9 Å². The number of anilines is 1. The van der Waals surface area contributed by atoms with E-state index in [2.05, 4.69) is 30.9 Å². The van der Waals surface area contributed by atoms with E-state index in [9.17, 15) is 19.2 Å². The number of nitrogens with one attached hydrogen (secondary N) is 5. The minimum atomic E-state index is -1.25. The molecular weight excluding hydrogens is 440 g/mol. The van der Waals surface area contributed by atoms with Crippen LogP contribution in [0, 0.1) is 5.92 Å². The summed E-state index contributed by atoms with van der Waals surface area (Å²) in [6.07, 6.45) is 0. The lowest BCUT2D eigenvalue weighted by molar-refractivity contribution is -0.129. The van der Waals surface area contributed by atoms with Gasteiger partial charge in [0.25, 0.3) is 5.56 Å². The number of ether oxygens (including phenoxy) is 2. The third kappa shape index (κ3) is 2.54. The van der Waals surface area contributed by atoms with Crippen LogP contribution in [0.25, 0.3) is 0 Å². The van der Waals surface area contributed by atoms with Crippen LogP contribution in [0.3, 0.4) is 0 Å². The molecule has 32 heavy (non-hydrogen) atoms. The van der Waals surface area contributed by atoms with Crippen LogP contribution in [-0.4, -0.2) is 39.4 Å². The Morgan fingerprint density at radius 1 is 0.969 bits per heavy atom. The van der Waals surface area contributed by atoms with Crippen LogP contribution in [0.15, 0.2) is 44.2 Å². The minimum absolute atomic E-state index is 0.0475. The van der Waals surface area contributed by atoms with E-state index in [1.807, 2.05) is 0 Å². The Labute approximate surface area is 182 Å². The number of aliphatic imine (C=N–C) groups is 1. The number of hydrogen-bond donors (Lipinski definition) is 5. The zero-order valence-electron chi connectivity index (χ0n) is 15.9. The number of aromatic nitrogens is 2. The number of rotatable bonds is 1. The summed E-state index contributed by atoms with van der Waals surface area (Å²) >= 11 is 4.95. The molecule has 0 bridgehead atoms. The molecule has 1 aromatic carbocycles. The summed E-state index contributed by atoms with van der Waals surface area (Å²) in [5, 5.41) is 8.14. The molecule has 0 fully saturated rings. The van der Waals surface area contributed by atoms with Gasteiger partial charge in [0.15, 0.2) is 23.2 Å². The van der Waals surface area contributed by atoms with E-state index in [1.165, 1.54) is 0 Å². The van der Waals surface area contributed by atoms with Crippen LogP contribution in [0.4, 0.5) is 5.82 Å². The molecule has 5 heterocycles. The number of aromatic amines is 2. The zero-order chi connectivity index (χ0) is 22.1. The number of amidine groups is 1. The van der Waals surface area contributed by atoms with Gasteiger partial charge in [-0.25, -0.2) is 9.79 Å². The first-order chi connectivity index (χ1) is 15.4. The lowest BCUT2D eigenvalue weighted by atomic mass is 9.76. The van der Waals surface area contributed by atoms with E-state index in [0.717, 1.165) is 0 Å². The Morgan fingerprint density at radius 2 is 1.78 bits per heavy atom. The number of hydrogen-bond acceptors (Lipinski definition) is 9. The summed E-state index contributed by atoms with van der Waals surface area (Å²) in [5.74, 6) is -1.99. The molecule has 4 aliphatic heterocycles. The van der Waals surface area contributed by atoms with Crippen LogP contribution < -0.4 is 36.7 Å². The third-order valence-electron chi connectivity index (χ3n) is 5.57. The molecule has 0 saturated heterocycles. The van der Waals surface area contributed by atoms with Gasteiger partial charge in [-0.15, -0.1) is 0 Å². The highest BCUT2D eigenvalue weighted by Crippen LogP contribution is 2.44. The molecule has 2 aromatic rings. The van der Waals surface area contributed by atoms with Gasteiger partial charge in [-0.2, -0.15) is 0 Å². The number of benzene rings is 1. The monoisotopic (exact) mass is 452 g/mol. The van der Waals surface area contributed by atoms with Crippen molar-refractivity contribution >= 4 is 40.7 Å². The Morgan fingerprint density at radius 3 is 2.62 bits per heavy atom. The molecule has 2 atom stereocenters. The number of carbonyl (C=O) groups is 2. The van der Waals surface area contributed by atoms with Gasteiger partial charge in [0, 0.05) is 5.57 Å². The van der Waals surface area contributed by atoms with E-state index >= 15 is 0 Å². The number of allylic oxidation sites excluding steroid dienone is 1. The molecular formula is C19H12N6O6S. The predicted octanol–water partition coefficient (Wildman–Crippen LogP) is -0.837. The Hall–Kier alpha value is -4.26. The van der Waals surface area contributed by atoms with Crippen molar-refractivity contribution in [3.8, 4) is 11.5 Å². The van der Waals surface area contributed by atoms with Crippen molar-refractivity contribution in [1.82, 2.24) is 20.6 Å². The fraction of sp³-hybridized carbons (Fsp3) is 0.158. The van der Waals surface area contributed by atoms with Gasteiger partial charge < -0.3 is 25.4 Å². The number of fused-ring (bicyclic) bond motifs is 3. The first-order valence-electron chi connectivity index (χ1n) is 9.42. The number of carbonyl (C=O) groups excluding carboxylic acids is 2. The summed E-state index contributed by atoms with van der Waals surface area (Å²) in [6, 6.07) is 5.01. The second-order valence-corrected chi connectivity index (χ2v) is 7.76. The summed E-state index contributed by atoms with van der Waals surface area (Å²) < 4.78 is 10.8. The number of Topliss-reactive ketones (excluding diaryl/α,β-unsaturated/α-hetero) is 1. The van der Waals surface area contributed by atoms with E-state index in [4.69, 9.17) is 21.7 Å². The summed E-state index contributed by atoms with van der Waals surface area (Å²) in [4.78, 5) is 59.6. The van der Waals surface area contributed by atoms with Gasteiger partial charge in [0.1, 0.15) is 17.5 Å².